The van der Waals surface area contributed by atoms with Crippen LogP contribution in [0.15, 0.2) is 24.3 Å². The van der Waals surface area contributed by atoms with E-state index in [-0.39, 0.29) is 18.3 Å². The lowest BCUT2D eigenvalue weighted by molar-refractivity contribution is -0.117. The van der Waals surface area contributed by atoms with Crippen molar-refractivity contribution in [3.63, 3.8) is 0 Å². The van der Waals surface area contributed by atoms with Gasteiger partial charge in [0.05, 0.1) is 6.42 Å². The second-order valence-electron chi connectivity index (χ2n) is 2.66. The molecular formula is C9H13ClN2O. The molecule has 13 heavy (non-hydrogen) atoms. The third-order valence-corrected chi connectivity index (χ3v) is 1.64. The molecule has 0 unspecified atom stereocenters. The Bertz CT molecular complexity index is 271. The number of benzene rings is 1. The van der Waals surface area contributed by atoms with Gasteiger partial charge in [0.1, 0.15) is 0 Å². The zero-order valence-electron chi connectivity index (χ0n) is 7.19. The molecule has 0 saturated heterocycles. The van der Waals surface area contributed by atoms with Gasteiger partial charge in [-0.15, -0.1) is 12.4 Å². The number of rotatable bonds is 3. The minimum absolute atomic E-state index is 0. The molecule has 0 bridgehead atoms. The molecule has 0 fully saturated rings. The Morgan fingerprint density at radius 1 is 1.15 bits per heavy atom. The van der Waals surface area contributed by atoms with Gasteiger partial charge < -0.3 is 11.5 Å². The second-order valence-corrected chi connectivity index (χ2v) is 2.66. The highest BCUT2D eigenvalue weighted by atomic mass is 35.5. The second kappa shape index (κ2) is 5.56. The summed E-state index contributed by atoms with van der Waals surface area (Å²) in [7, 11) is 0. The van der Waals surface area contributed by atoms with Crippen LogP contribution >= 0.6 is 12.4 Å². The number of halogens is 1. The van der Waals surface area contributed by atoms with Crippen LogP contribution in [0.3, 0.4) is 0 Å². The first-order valence-corrected chi connectivity index (χ1v) is 3.78. The molecule has 0 spiro atoms. The van der Waals surface area contributed by atoms with Gasteiger partial charge in [-0.1, -0.05) is 24.3 Å². The summed E-state index contributed by atoms with van der Waals surface area (Å²) in [5, 5.41) is 0. The Morgan fingerprint density at radius 3 is 2.00 bits per heavy atom. The van der Waals surface area contributed by atoms with Crippen molar-refractivity contribution >= 4 is 18.3 Å². The van der Waals surface area contributed by atoms with E-state index in [1.807, 2.05) is 24.3 Å². The molecule has 0 aliphatic rings. The zero-order chi connectivity index (χ0) is 8.97. The van der Waals surface area contributed by atoms with Crippen LogP contribution in [0.2, 0.25) is 0 Å². The number of hydrogen-bond donors (Lipinski definition) is 2. The molecule has 0 aromatic heterocycles. The first kappa shape index (κ1) is 11.9. The highest BCUT2D eigenvalue weighted by Gasteiger charge is 1.97. The molecule has 1 amide bonds. The van der Waals surface area contributed by atoms with E-state index in [4.69, 9.17) is 11.5 Å². The van der Waals surface area contributed by atoms with Crippen molar-refractivity contribution in [3.05, 3.63) is 35.4 Å². The standard InChI is InChI=1S/C9H12N2O.ClH/c10-6-8-3-1-7(2-4-8)5-9(11)12;/h1-4H,5-6,10H2,(H2,11,12);1H. The molecule has 0 aliphatic carbocycles. The predicted octanol–water partition coefficient (Wildman–Crippen LogP) is 0.595. The summed E-state index contributed by atoms with van der Waals surface area (Å²) in [6, 6.07) is 7.54. The molecule has 72 valence electrons. The smallest absolute Gasteiger partial charge is 0.221 e. The Morgan fingerprint density at radius 2 is 1.62 bits per heavy atom. The van der Waals surface area contributed by atoms with Gasteiger partial charge in [-0.3, -0.25) is 4.79 Å². The summed E-state index contributed by atoms with van der Waals surface area (Å²) in [5.74, 6) is -0.310. The first-order chi connectivity index (χ1) is 5.72. The summed E-state index contributed by atoms with van der Waals surface area (Å²) >= 11 is 0. The number of nitrogens with two attached hydrogens (primary N) is 2. The van der Waals surface area contributed by atoms with E-state index in [1.165, 1.54) is 0 Å². The first-order valence-electron chi connectivity index (χ1n) is 3.78. The molecule has 0 aliphatic heterocycles. The van der Waals surface area contributed by atoms with Crippen LogP contribution in [0.1, 0.15) is 11.1 Å². The van der Waals surface area contributed by atoms with Gasteiger partial charge in [0.15, 0.2) is 0 Å². The van der Waals surface area contributed by atoms with Crippen molar-refractivity contribution in [2.45, 2.75) is 13.0 Å². The van der Waals surface area contributed by atoms with Crippen LogP contribution in [-0.4, -0.2) is 5.91 Å². The van der Waals surface area contributed by atoms with Gasteiger partial charge in [0.2, 0.25) is 5.91 Å². The number of primary amides is 1. The molecule has 1 aromatic carbocycles. The topological polar surface area (TPSA) is 69.1 Å². The molecular weight excluding hydrogens is 188 g/mol. The molecule has 0 saturated carbocycles. The van der Waals surface area contributed by atoms with Crippen molar-refractivity contribution in [1.29, 1.82) is 0 Å². The average molecular weight is 201 g/mol. The number of carbonyl (C=O) groups excluding carboxylic acids is 1. The number of carbonyl (C=O) groups is 1. The molecule has 0 radical (unpaired) electrons. The Balaban J connectivity index is 0.00000144. The molecule has 0 atom stereocenters. The van der Waals surface area contributed by atoms with Gasteiger partial charge in [0, 0.05) is 6.54 Å². The van der Waals surface area contributed by atoms with E-state index in [1.54, 1.807) is 0 Å². The summed E-state index contributed by atoms with van der Waals surface area (Å²) in [5.41, 5.74) is 12.4. The van der Waals surface area contributed by atoms with E-state index in [0.717, 1.165) is 11.1 Å². The van der Waals surface area contributed by atoms with Crippen LogP contribution in [0.25, 0.3) is 0 Å². The van der Waals surface area contributed by atoms with Gasteiger partial charge in [-0.25, -0.2) is 0 Å². The normalized spacial score (nSPS) is 9.00. The fraction of sp³-hybridized carbons (Fsp3) is 0.222. The van der Waals surface area contributed by atoms with E-state index >= 15 is 0 Å². The van der Waals surface area contributed by atoms with Crippen molar-refractivity contribution in [2.75, 3.05) is 0 Å². The Kier molecular flexibility index (Phi) is 5.11. The number of amides is 1. The Labute approximate surface area is 83.5 Å². The molecule has 1 rings (SSSR count). The zero-order valence-corrected chi connectivity index (χ0v) is 8.01. The lowest BCUT2D eigenvalue weighted by atomic mass is 10.1. The van der Waals surface area contributed by atoms with Crippen molar-refractivity contribution < 1.29 is 4.79 Å². The fourth-order valence-corrected chi connectivity index (χ4v) is 0.994. The van der Waals surface area contributed by atoms with Crippen LogP contribution in [0.4, 0.5) is 0 Å². The maximum Gasteiger partial charge on any atom is 0.221 e. The fourth-order valence-electron chi connectivity index (χ4n) is 0.994. The highest BCUT2D eigenvalue weighted by Crippen LogP contribution is 2.03. The third kappa shape index (κ3) is 3.92. The van der Waals surface area contributed by atoms with Crippen molar-refractivity contribution in [2.24, 2.45) is 11.5 Å². The average Bonchev–Trinajstić information content (AvgIpc) is 2.05. The predicted molar refractivity (Wildman–Crippen MR) is 54.5 cm³/mol. The molecule has 4 N–H and O–H groups in total. The molecule has 3 nitrogen and oxygen atoms in total. The van der Waals surface area contributed by atoms with E-state index < -0.39 is 0 Å². The van der Waals surface area contributed by atoms with Crippen LogP contribution in [0.5, 0.6) is 0 Å². The lowest BCUT2D eigenvalue weighted by Gasteiger charge is -1.99. The SMILES string of the molecule is Cl.NCc1ccc(CC(N)=O)cc1. The Hall–Kier alpha value is -1.06. The minimum atomic E-state index is -0.310. The lowest BCUT2D eigenvalue weighted by Crippen LogP contribution is -2.13. The van der Waals surface area contributed by atoms with Crippen LogP contribution in [0, 0.1) is 0 Å². The largest absolute Gasteiger partial charge is 0.369 e. The van der Waals surface area contributed by atoms with Crippen LogP contribution in [-0.2, 0) is 17.8 Å². The van der Waals surface area contributed by atoms with Gasteiger partial charge in [0.25, 0.3) is 0 Å². The highest BCUT2D eigenvalue weighted by molar-refractivity contribution is 5.85. The van der Waals surface area contributed by atoms with E-state index in [0.29, 0.717) is 13.0 Å². The quantitative estimate of drug-likeness (QED) is 0.750. The summed E-state index contributed by atoms with van der Waals surface area (Å²) < 4.78 is 0. The molecule has 1 aromatic rings. The third-order valence-electron chi connectivity index (χ3n) is 1.64. The molecule has 0 heterocycles. The number of hydrogen-bond acceptors (Lipinski definition) is 2. The van der Waals surface area contributed by atoms with Gasteiger partial charge in [-0.2, -0.15) is 0 Å². The minimum Gasteiger partial charge on any atom is -0.369 e. The van der Waals surface area contributed by atoms with Gasteiger partial charge >= 0.3 is 0 Å². The van der Waals surface area contributed by atoms with Gasteiger partial charge in [-0.05, 0) is 11.1 Å². The van der Waals surface area contributed by atoms with Crippen molar-refractivity contribution in [1.82, 2.24) is 0 Å². The van der Waals surface area contributed by atoms with Crippen LogP contribution < -0.4 is 11.5 Å². The maximum absolute atomic E-state index is 10.5. The monoisotopic (exact) mass is 200 g/mol. The van der Waals surface area contributed by atoms with E-state index in [9.17, 15) is 4.79 Å². The van der Waals surface area contributed by atoms with E-state index in [2.05, 4.69) is 0 Å². The molecule has 4 heteroatoms. The summed E-state index contributed by atoms with van der Waals surface area (Å²) in [6.07, 6.45) is 0.296. The summed E-state index contributed by atoms with van der Waals surface area (Å²) in [4.78, 5) is 10.5. The van der Waals surface area contributed by atoms with Crippen molar-refractivity contribution in [3.8, 4) is 0 Å². The maximum atomic E-state index is 10.5. The summed E-state index contributed by atoms with van der Waals surface area (Å²) in [6.45, 7) is 0.525.